The van der Waals surface area contributed by atoms with Gasteiger partial charge >= 0.3 is 5.97 Å². The third kappa shape index (κ3) is 4.33. The molecule has 0 aromatic heterocycles. The number of carbonyl (C=O) groups excluding carboxylic acids is 2. The summed E-state index contributed by atoms with van der Waals surface area (Å²) in [5, 5.41) is 3.08. The van der Waals surface area contributed by atoms with Crippen molar-refractivity contribution in [3.63, 3.8) is 0 Å². The molecule has 1 aliphatic carbocycles. The van der Waals surface area contributed by atoms with E-state index in [1.165, 1.54) is 12.7 Å². The summed E-state index contributed by atoms with van der Waals surface area (Å²) in [6, 6.07) is 15.3. The van der Waals surface area contributed by atoms with Gasteiger partial charge in [0.1, 0.15) is 0 Å². The van der Waals surface area contributed by atoms with Crippen molar-refractivity contribution < 1.29 is 14.3 Å². The molecule has 0 radical (unpaired) electrons. The fourth-order valence-corrected chi connectivity index (χ4v) is 3.94. The number of nitrogens with one attached hydrogen (secondary N) is 1. The largest absolute Gasteiger partial charge is 0.469 e. The number of carbonyl (C=O) groups is 2. The number of rotatable bonds is 5. The Morgan fingerprint density at radius 1 is 1.23 bits per heavy atom. The summed E-state index contributed by atoms with van der Waals surface area (Å²) in [5.74, 6) is -0.558. The van der Waals surface area contributed by atoms with Gasteiger partial charge in [0.25, 0.3) is 0 Å². The number of fused-ring (bicyclic) bond motifs is 1. The average Bonchev–Trinajstić information content (AvgIpc) is 2.66. The van der Waals surface area contributed by atoms with E-state index in [0.29, 0.717) is 0 Å². The zero-order chi connectivity index (χ0) is 18.5. The standard InChI is InChI=1S/C21H22BrNO3/c1-26-20(24)13-19(15-8-4-9-16(22)12-15)23-21(25)18-11-5-7-14-6-2-3-10-17(14)18/h2-4,6,8-10,12,18-19H,5,7,11,13H2,1H3,(H,23,25). The maximum atomic E-state index is 13.0. The number of aryl methyl sites for hydroxylation is 1. The summed E-state index contributed by atoms with van der Waals surface area (Å²) in [7, 11) is 1.36. The van der Waals surface area contributed by atoms with Gasteiger partial charge < -0.3 is 10.1 Å². The number of halogens is 1. The second-order valence-corrected chi connectivity index (χ2v) is 7.46. The Morgan fingerprint density at radius 2 is 2.04 bits per heavy atom. The molecule has 5 heteroatoms. The Kier molecular flexibility index (Phi) is 6.09. The molecule has 2 aromatic rings. The smallest absolute Gasteiger partial charge is 0.307 e. The first-order chi connectivity index (χ1) is 12.6. The molecule has 0 aliphatic heterocycles. The maximum Gasteiger partial charge on any atom is 0.307 e. The molecule has 3 rings (SSSR count). The number of hydrogen-bond acceptors (Lipinski definition) is 3. The van der Waals surface area contributed by atoms with Crippen molar-refractivity contribution in [2.45, 2.75) is 37.6 Å². The van der Waals surface area contributed by atoms with E-state index < -0.39 is 6.04 Å². The molecule has 2 atom stereocenters. The van der Waals surface area contributed by atoms with E-state index in [1.807, 2.05) is 42.5 Å². The first-order valence-electron chi connectivity index (χ1n) is 8.79. The number of hydrogen-bond donors (Lipinski definition) is 1. The highest BCUT2D eigenvalue weighted by Gasteiger charge is 2.29. The minimum atomic E-state index is -0.415. The van der Waals surface area contributed by atoms with E-state index in [4.69, 9.17) is 4.74 Å². The predicted molar refractivity (Wildman–Crippen MR) is 104 cm³/mol. The van der Waals surface area contributed by atoms with Crippen LogP contribution in [0.3, 0.4) is 0 Å². The molecule has 2 aromatic carbocycles. The second-order valence-electron chi connectivity index (χ2n) is 6.54. The number of ether oxygens (including phenoxy) is 1. The molecule has 1 N–H and O–H groups in total. The van der Waals surface area contributed by atoms with Crippen molar-refractivity contribution in [3.05, 3.63) is 69.7 Å². The normalized spacial score (nSPS) is 17.1. The summed E-state index contributed by atoms with van der Waals surface area (Å²) in [6.45, 7) is 0. The van der Waals surface area contributed by atoms with Crippen LogP contribution in [0.15, 0.2) is 53.0 Å². The molecule has 0 spiro atoms. The van der Waals surface area contributed by atoms with Gasteiger partial charge in [0, 0.05) is 4.47 Å². The predicted octanol–water partition coefficient (Wildman–Crippen LogP) is 4.29. The van der Waals surface area contributed by atoms with Crippen LogP contribution >= 0.6 is 15.9 Å². The molecule has 136 valence electrons. The lowest BCUT2D eigenvalue weighted by Gasteiger charge is -2.27. The van der Waals surface area contributed by atoms with Crippen LogP contribution in [0.2, 0.25) is 0 Å². The van der Waals surface area contributed by atoms with E-state index >= 15 is 0 Å². The van der Waals surface area contributed by atoms with Crippen molar-refractivity contribution in [1.29, 1.82) is 0 Å². The number of benzene rings is 2. The van der Waals surface area contributed by atoms with E-state index in [1.54, 1.807) is 0 Å². The van der Waals surface area contributed by atoms with Crippen molar-refractivity contribution in [1.82, 2.24) is 5.32 Å². The fraction of sp³-hybridized carbons (Fsp3) is 0.333. The second kappa shape index (κ2) is 8.49. The summed E-state index contributed by atoms with van der Waals surface area (Å²) in [6.07, 6.45) is 2.93. The Balaban J connectivity index is 1.83. The van der Waals surface area contributed by atoms with Crippen molar-refractivity contribution in [2.24, 2.45) is 0 Å². The van der Waals surface area contributed by atoms with Gasteiger partial charge in [-0.15, -0.1) is 0 Å². The minimum absolute atomic E-state index is 0.0361. The SMILES string of the molecule is COC(=O)CC(NC(=O)C1CCCc2ccccc21)c1cccc(Br)c1. The van der Waals surface area contributed by atoms with Crippen LogP contribution in [-0.2, 0) is 20.7 Å². The molecule has 1 aliphatic rings. The first-order valence-corrected chi connectivity index (χ1v) is 9.58. The molecule has 1 amide bonds. The highest BCUT2D eigenvalue weighted by atomic mass is 79.9. The van der Waals surface area contributed by atoms with Gasteiger partial charge in [-0.25, -0.2) is 0 Å². The van der Waals surface area contributed by atoms with Gasteiger partial charge in [0.2, 0.25) is 5.91 Å². The molecule has 0 saturated heterocycles. The minimum Gasteiger partial charge on any atom is -0.469 e. The lowest BCUT2D eigenvalue weighted by Crippen LogP contribution is -2.35. The van der Waals surface area contributed by atoms with Crippen LogP contribution in [0.5, 0.6) is 0 Å². The highest BCUT2D eigenvalue weighted by molar-refractivity contribution is 9.10. The summed E-state index contributed by atoms with van der Waals surface area (Å²) >= 11 is 3.45. The van der Waals surface area contributed by atoms with Gasteiger partial charge in [-0.3, -0.25) is 9.59 Å². The molecule has 0 saturated carbocycles. The number of amides is 1. The van der Waals surface area contributed by atoms with E-state index in [2.05, 4.69) is 27.3 Å². The first kappa shape index (κ1) is 18.6. The molecular weight excluding hydrogens is 394 g/mol. The monoisotopic (exact) mass is 415 g/mol. The van der Waals surface area contributed by atoms with E-state index in [9.17, 15) is 9.59 Å². The zero-order valence-electron chi connectivity index (χ0n) is 14.7. The molecular formula is C21H22BrNO3. The fourth-order valence-electron chi connectivity index (χ4n) is 3.52. The molecule has 26 heavy (non-hydrogen) atoms. The van der Waals surface area contributed by atoms with Crippen LogP contribution < -0.4 is 5.32 Å². The van der Waals surface area contributed by atoms with E-state index in [0.717, 1.165) is 34.9 Å². The Hall–Kier alpha value is -2.14. The number of methoxy groups -OCH3 is 1. The van der Waals surface area contributed by atoms with Crippen molar-refractivity contribution in [2.75, 3.05) is 7.11 Å². The Bertz CT molecular complexity index is 805. The lowest BCUT2D eigenvalue weighted by molar-refractivity contribution is -0.141. The lowest BCUT2D eigenvalue weighted by atomic mass is 9.82. The van der Waals surface area contributed by atoms with Crippen molar-refractivity contribution in [3.8, 4) is 0 Å². The van der Waals surface area contributed by atoms with Gasteiger partial charge in [0.05, 0.1) is 25.5 Å². The third-order valence-corrected chi connectivity index (χ3v) is 5.35. The third-order valence-electron chi connectivity index (χ3n) is 4.85. The Labute approximate surface area is 162 Å². The van der Waals surface area contributed by atoms with E-state index in [-0.39, 0.29) is 24.2 Å². The molecule has 0 bridgehead atoms. The highest BCUT2D eigenvalue weighted by Crippen LogP contribution is 2.32. The quantitative estimate of drug-likeness (QED) is 0.740. The van der Waals surface area contributed by atoms with Gasteiger partial charge in [0.15, 0.2) is 0 Å². The molecule has 4 nitrogen and oxygen atoms in total. The zero-order valence-corrected chi connectivity index (χ0v) is 16.3. The number of esters is 1. The van der Waals surface area contributed by atoms with Crippen LogP contribution in [-0.4, -0.2) is 19.0 Å². The summed E-state index contributed by atoms with van der Waals surface area (Å²) in [5.41, 5.74) is 3.22. The average molecular weight is 416 g/mol. The topological polar surface area (TPSA) is 55.4 Å². The van der Waals surface area contributed by atoms with Crippen molar-refractivity contribution >= 4 is 27.8 Å². The van der Waals surface area contributed by atoms with Gasteiger partial charge in [-0.2, -0.15) is 0 Å². The molecule has 0 heterocycles. The molecule has 0 fully saturated rings. The summed E-state index contributed by atoms with van der Waals surface area (Å²) in [4.78, 5) is 24.9. The van der Waals surface area contributed by atoms with Crippen LogP contribution in [0, 0.1) is 0 Å². The van der Waals surface area contributed by atoms with Gasteiger partial charge in [-0.1, -0.05) is 52.3 Å². The van der Waals surface area contributed by atoms with Gasteiger partial charge in [-0.05, 0) is 48.1 Å². The maximum absolute atomic E-state index is 13.0. The summed E-state index contributed by atoms with van der Waals surface area (Å²) < 4.78 is 5.72. The Morgan fingerprint density at radius 3 is 2.81 bits per heavy atom. The molecule has 2 unspecified atom stereocenters. The van der Waals surface area contributed by atoms with Crippen LogP contribution in [0.1, 0.15) is 47.9 Å². The van der Waals surface area contributed by atoms with Crippen LogP contribution in [0.4, 0.5) is 0 Å². The van der Waals surface area contributed by atoms with Crippen LogP contribution in [0.25, 0.3) is 0 Å².